The lowest BCUT2D eigenvalue weighted by atomic mass is 10.2. The number of hydrogen-bond donors (Lipinski definition) is 1. The summed E-state index contributed by atoms with van der Waals surface area (Å²) < 4.78 is 1.87. The highest BCUT2D eigenvalue weighted by Crippen LogP contribution is 2.22. The van der Waals surface area contributed by atoms with Crippen LogP contribution in [0.15, 0.2) is 59.8 Å². The lowest BCUT2D eigenvalue weighted by molar-refractivity contribution is -0.113. The summed E-state index contributed by atoms with van der Waals surface area (Å²) in [6.45, 7) is 0. The molecule has 2 aromatic carbocycles. The SMILES string of the molecule is CN(C)C(=O)c1ccc(NC(=O)CSc2nnc(-c3ccccc3)n2C)cc1. The van der Waals surface area contributed by atoms with Crippen molar-refractivity contribution in [1.29, 1.82) is 0 Å². The van der Waals surface area contributed by atoms with Gasteiger partial charge in [0.2, 0.25) is 5.91 Å². The van der Waals surface area contributed by atoms with E-state index >= 15 is 0 Å². The van der Waals surface area contributed by atoms with Crippen molar-refractivity contribution < 1.29 is 9.59 Å². The van der Waals surface area contributed by atoms with Crippen LogP contribution in [0.1, 0.15) is 10.4 Å². The van der Waals surface area contributed by atoms with E-state index in [4.69, 9.17) is 0 Å². The normalized spacial score (nSPS) is 10.5. The summed E-state index contributed by atoms with van der Waals surface area (Å²) in [6, 6.07) is 16.6. The molecule has 1 N–H and O–H groups in total. The average molecular weight is 395 g/mol. The maximum absolute atomic E-state index is 12.2. The third-order valence-corrected chi connectivity index (χ3v) is 5.04. The van der Waals surface area contributed by atoms with E-state index in [9.17, 15) is 9.59 Å². The molecule has 0 radical (unpaired) electrons. The second-order valence-corrected chi connectivity index (χ2v) is 7.29. The number of anilines is 1. The fraction of sp³-hybridized carbons (Fsp3) is 0.200. The van der Waals surface area contributed by atoms with Crippen molar-refractivity contribution in [1.82, 2.24) is 19.7 Å². The molecule has 0 spiro atoms. The molecule has 0 aliphatic heterocycles. The van der Waals surface area contributed by atoms with Crippen molar-refractivity contribution >= 4 is 29.3 Å². The van der Waals surface area contributed by atoms with Crippen molar-refractivity contribution in [3.8, 4) is 11.4 Å². The summed E-state index contributed by atoms with van der Waals surface area (Å²) in [7, 11) is 5.28. The minimum Gasteiger partial charge on any atom is -0.345 e. The Bertz CT molecular complexity index is 968. The molecule has 0 bridgehead atoms. The first-order chi connectivity index (χ1) is 13.5. The van der Waals surface area contributed by atoms with Gasteiger partial charge >= 0.3 is 0 Å². The molecular formula is C20H21N5O2S. The molecule has 1 heterocycles. The molecule has 0 atom stereocenters. The average Bonchev–Trinajstić information content (AvgIpc) is 3.07. The largest absolute Gasteiger partial charge is 0.345 e. The molecule has 0 fully saturated rings. The van der Waals surface area contributed by atoms with E-state index in [-0.39, 0.29) is 17.6 Å². The van der Waals surface area contributed by atoms with Gasteiger partial charge in [0, 0.05) is 38.0 Å². The summed E-state index contributed by atoms with van der Waals surface area (Å²) in [5.41, 5.74) is 2.19. The summed E-state index contributed by atoms with van der Waals surface area (Å²) >= 11 is 1.32. The molecule has 1 aromatic heterocycles. The Kier molecular flexibility index (Phi) is 6.10. The molecule has 0 aliphatic carbocycles. The monoisotopic (exact) mass is 395 g/mol. The molecule has 3 rings (SSSR count). The highest BCUT2D eigenvalue weighted by Gasteiger charge is 2.13. The second kappa shape index (κ2) is 8.71. The molecule has 0 saturated heterocycles. The zero-order chi connectivity index (χ0) is 20.1. The number of benzene rings is 2. The molecule has 8 heteroatoms. The van der Waals surface area contributed by atoms with E-state index in [1.165, 1.54) is 16.7 Å². The summed E-state index contributed by atoms with van der Waals surface area (Å²) in [6.07, 6.45) is 0. The van der Waals surface area contributed by atoms with Crippen LogP contribution in [0.5, 0.6) is 0 Å². The van der Waals surface area contributed by atoms with Crippen LogP contribution in [0.4, 0.5) is 5.69 Å². The zero-order valence-electron chi connectivity index (χ0n) is 15.9. The molecule has 144 valence electrons. The van der Waals surface area contributed by atoms with Crippen LogP contribution in [0.25, 0.3) is 11.4 Å². The Morgan fingerprint density at radius 3 is 2.36 bits per heavy atom. The Morgan fingerprint density at radius 1 is 1.04 bits per heavy atom. The second-order valence-electron chi connectivity index (χ2n) is 6.35. The summed E-state index contributed by atoms with van der Waals surface area (Å²) in [5, 5.41) is 11.9. The van der Waals surface area contributed by atoms with Crippen LogP contribution in [-0.2, 0) is 11.8 Å². The van der Waals surface area contributed by atoms with Crippen LogP contribution in [0, 0.1) is 0 Å². The fourth-order valence-electron chi connectivity index (χ4n) is 2.56. The fourth-order valence-corrected chi connectivity index (χ4v) is 3.27. The number of hydrogen-bond acceptors (Lipinski definition) is 5. The Morgan fingerprint density at radius 2 is 1.71 bits per heavy atom. The number of aromatic nitrogens is 3. The molecule has 2 amide bonds. The van der Waals surface area contributed by atoms with Gasteiger partial charge in [0.05, 0.1) is 5.75 Å². The van der Waals surface area contributed by atoms with Gasteiger partial charge in [-0.15, -0.1) is 10.2 Å². The highest BCUT2D eigenvalue weighted by atomic mass is 32.2. The number of amides is 2. The van der Waals surface area contributed by atoms with Crippen LogP contribution < -0.4 is 5.32 Å². The zero-order valence-corrected chi connectivity index (χ0v) is 16.7. The van der Waals surface area contributed by atoms with E-state index in [0.717, 1.165) is 11.4 Å². The maximum Gasteiger partial charge on any atom is 0.253 e. The lowest BCUT2D eigenvalue weighted by Gasteiger charge is -2.11. The topological polar surface area (TPSA) is 80.1 Å². The van der Waals surface area contributed by atoms with Crippen LogP contribution in [0.2, 0.25) is 0 Å². The van der Waals surface area contributed by atoms with Gasteiger partial charge in [0.15, 0.2) is 11.0 Å². The van der Waals surface area contributed by atoms with Crippen LogP contribution >= 0.6 is 11.8 Å². The van der Waals surface area contributed by atoms with Gasteiger partial charge in [0.1, 0.15) is 0 Å². The number of thioether (sulfide) groups is 1. The van der Waals surface area contributed by atoms with E-state index in [2.05, 4.69) is 15.5 Å². The van der Waals surface area contributed by atoms with Crippen molar-refractivity contribution in [2.45, 2.75) is 5.16 Å². The quantitative estimate of drug-likeness (QED) is 0.649. The van der Waals surface area contributed by atoms with Gasteiger partial charge in [-0.1, -0.05) is 42.1 Å². The summed E-state index contributed by atoms with van der Waals surface area (Å²) in [5.74, 6) is 0.731. The smallest absolute Gasteiger partial charge is 0.253 e. The number of rotatable bonds is 6. The van der Waals surface area contributed by atoms with E-state index < -0.39 is 0 Å². The molecule has 0 aliphatic rings. The third-order valence-electron chi connectivity index (χ3n) is 4.02. The Balaban J connectivity index is 1.58. The Hall–Kier alpha value is -3.13. The molecule has 3 aromatic rings. The van der Waals surface area contributed by atoms with Crippen LogP contribution in [0.3, 0.4) is 0 Å². The minimum absolute atomic E-state index is 0.0788. The minimum atomic E-state index is -0.152. The third kappa shape index (κ3) is 4.58. The van der Waals surface area contributed by atoms with Gasteiger partial charge in [-0.3, -0.25) is 9.59 Å². The number of nitrogens with one attached hydrogen (secondary N) is 1. The lowest BCUT2D eigenvalue weighted by Crippen LogP contribution is -2.21. The van der Waals surface area contributed by atoms with E-state index in [0.29, 0.717) is 16.4 Å². The molecular weight excluding hydrogens is 374 g/mol. The van der Waals surface area contributed by atoms with Gasteiger partial charge in [-0.25, -0.2) is 0 Å². The van der Waals surface area contributed by atoms with Gasteiger partial charge in [0.25, 0.3) is 5.91 Å². The van der Waals surface area contributed by atoms with E-state index in [1.54, 1.807) is 38.4 Å². The number of carbonyl (C=O) groups is 2. The van der Waals surface area contributed by atoms with Crippen LogP contribution in [-0.4, -0.2) is 51.3 Å². The molecule has 7 nitrogen and oxygen atoms in total. The van der Waals surface area contributed by atoms with Gasteiger partial charge in [-0.2, -0.15) is 0 Å². The first-order valence-corrected chi connectivity index (χ1v) is 9.63. The number of carbonyl (C=O) groups excluding carboxylic acids is 2. The van der Waals surface area contributed by atoms with Crippen molar-refractivity contribution in [3.05, 3.63) is 60.2 Å². The molecule has 0 unspecified atom stereocenters. The van der Waals surface area contributed by atoms with E-state index in [1.807, 2.05) is 41.9 Å². The Labute approximate surface area is 167 Å². The number of nitrogens with zero attached hydrogens (tertiary/aromatic N) is 4. The van der Waals surface area contributed by atoms with Crippen molar-refractivity contribution in [3.63, 3.8) is 0 Å². The molecule has 28 heavy (non-hydrogen) atoms. The van der Waals surface area contributed by atoms with Gasteiger partial charge in [-0.05, 0) is 24.3 Å². The standard InChI is InChI=1S/C20H21N5O2S/c1-24(2)19(27)15-9-11-16(12-10-15)21-17(26)13-28-20-23-22-18(25(20)3)14-7-5-4-6-8-14/h4-12H,13H2,1-3H3,(H,21,26). The summed E-state index contributed by atoms with van der Waals surface area (Å²) in [4.78, 5) is 25.6. The predicted octanol–water partition coefficient (Wildman–Crippen LogP) is 2.91. The highest BCUT2D eigenvalue weighted by molar-refractivity contribution is 7.99. The predicted molar refractivity (Wildman–Crippen MR) is 110 cm³/mol. The maximum atomic E-state index is 12.2. The van der Waals surface area contributed by atoms with Gasteiger partial charge < -0.3 is 14.8 Å². The molecule has 0 saturated carbocycles. The first kappa shape index (κ1) is 19.6. The first-order valence-electron chi connectivity index (χ1n) is 8.65. The van der Waals surface area contributed by atoms with Crippen molar-refractivity contribution in [2.75, 3.05) is 25.2 Å². The van der Waals surface area contributed by atoms with Crippen molar-refractivity contribution in [2.24, 2.45) is 7.05 Å².